The first-order valence-electron chi connectivity index (χ1n) is 7.68. The Morgan fingerprint density at radius 2 is 1.52 bits per heavy atom. The quantitative estimate of drug-likeness (QED) is 0.669. The van der Waals surface area contributed by atoms with Crippen LogP contribution in [-0.4, -0.2) is 5.91 Å². The Morgan fingerprint density at radius 3 is 2.30 bits per heavy atom. The molecule has 0 aliphatic heterocycles. The molecule has 0 aromatic heterocycles. The minimum absolute atomic E-state index is 0.115. The number of carbonyl (C=O) groups is 1. The Morgan fingerprint density at radius 1 is 0.870 bits per heavy atom. The van der Waals surface area contributed by atoms with Crippen LogP contribution in [-0.2, 0) is 4.79 Å². The Bertz CT molecular complexity index is 868. The summed E-state index contributed by atoms with van der Waals surface area (Å²) >= 11 is 0. The molecule has 2 heteroatoms. The van der Waals surface area contributed by atoms with Gasteiger partial charge in [-0.3, -0.25) is 4.79 Å². The molecule has 0 aliphatic rings. The number of nitrogens with one attached hydrogen (secondary N) is 1. The van der Waals surface area contributed by atoms with Crippen molar-refractivity contribution in [3.63, 3.8) is 0 Å². The molecule has 23 heavy (non-hydrogen) atoms. The molecule has 3 aromatic rings. The smallest absolute Gasteiger partial charge is 0.248 e. The lowest BCUT2D eigenvalue weighted by Crippen LogP contribution is -2.10. The first-order chi connectivity index (χ1) is 11.1. The van der Waals surface area contributed by atoms with Crippen molar-refractivity contribution in [3.8, 4) is 0 Å². The van der Waals surface area contributed by atoms with Crippen molar-refractivity contribution < 1.29 is 4.79 Å². The molecule has 0 bridgehead atoms. The Hall–Kier alpha value is -2.87. The van der Waals surface area contributed by atoms with Gasteiger partial charge in [0.2, 0.25) is 5.91 Å². The molecule has 114 valence electrons. The third-order valence-corrected chi connectivity index (χ3v) is 3.97. The van der Waals surface area contributed by atoms with E-state index in [1.54, 1.807) is 6.08 Å². The summed E-state index contributed by atoms with van der Waals surface area (Å²) in [4.78, 5) is 12.2. The number of fused-ring (bicyclic) bond motifs is 1. The zero-order chi connectivity index (χ0) is 16.2. The molecule has 0 spiro atoms. The lowest BCUT2D eigenvalue weighted by atomic mass is 10.0. The van der Waals surface area contributed by atoms with Gasteiger partial charge in [-0.2, -0.15) is 0 Å². The van der Waals surface area contributed by atoms with E-state index in [0.717, 1.165) is 27.8 Å². The van der Waals surface area contributed by atoms with Gasteiger partial charge in [0.15, 0.2) is 0 Å². The molecule has 0 aliphatic carbocycles. The molecule has 0 saturated carbocycles. The van der Waals surface area contributed by atoms with Gasteiger partial charge in [-0.15, -0.1) is 0 Å². The lowest BCUT2D eigenvalue weighted by molar-refractivity contribution is -0.111. The second-order valence-corrected chi connectivity index (χ2v) is 5.66. The highest BCUT2D eigenvalue weighted by Crippen LogP contribution is 2.21. The van der Waals surface area contributed by atoms with Crippen molar-refractivity contribution in [3.05, 3.63) is 83.4 Å². The van der Waals surface area contributed by atoms with E-state index in [1.165, 1.54) is 5.39 Å². The minimum Gasteiger partial charge on any atom is -0.322 e. The molecule has 0 atom stereocenters. The van der Waals surface area contributed by atoms with Crippen molar-refractivity contribution in [2.45, 2.75) is 13.8 Å². The van der Waals surface area contributed by atoms with Crippen molar-refractivity contribution >= 4 is 28.4 Å². The van der Waals surface area contributed by atoms with Crippen molar-refractivity contribution in [2.75, 3.05) is 5.32 Å². The number of para-hydroxylation sites is 1. The van der Waals surface area contributed by atoms with Crippen molar-refractivity contribution in [1.29, 1.82) is 0 Å². The second-order valence-electron chi connectivity index (χ2n) is 5.66. The van der Waals surface area contributed by atoms with E-state index in [0.29, 0.717) is 0 Å². The van der Waals surface area contributed by atoms with E-state index in [2.05, 4.69) is 23.5 Å². The molecule has 0 heterocycles. The van der Waals surface area contributed by atoms with E-state index >= 15 is 0 Å². The molecule has 0 radical (unpaired) electrons. The van der Waals surface area contributed by atoms with Gasteiger partial charge in [-0.25, -0.2) is 0 Å². The average Bonchev–Trinajstić information content (AvgIpc) is 2.56. The van der Waals surface area contributed by atoms with Crippen LogP contribution in [0, 0.1) is 13.8 Å². The highest BCUT2D eigenvalue weighted by molar-refractivity contribution is 6.04. The molecule has 3 aromatic carbocycles. The maximum Gasteiger partial charge on any atom is 0.248 e. The largest absolute Gasteiger partial charge is 0.322 e. The van der Waals surface area contributed by atoms with Crippen LogP contribution in [0.5, 0.6) is 0 Å². The van der Waals surface area contributed by atoms with E-state index in [4.69, 9.17) is 0 Å². The number of amides is 1. The van der Waals surface area contributed by atoms with Gasteiger partial charge in [0.05, 0.1) is 0 Å². The molecule has 2 nitrogen and oxygen atoms in total. The normalized spacial score (nSPS) is 11.0. The third kappa shape index (κ3) is 3.32. The lowest BCUT2D eigenvalue weighted by Gasteiger charge is -2.09. The van der Waals surface area contributed by atoms with Gasteiger partial charge >= 0.3 is 0 Å². The first kappa shape index (κ1) is 15.0. The fourth-order valence-corrected chi connectivity index (χ4v) is 2.74. The zero-order valence-corrected chi connectivity index (χ0v) is 13.3. The van der Waals surface area contributed by atoms with Crippen LogP contribution in [0.25, 0.3) is 16.8 Å². The molecule has 0 unspecified atom stereocenters. The Kier molecular flexibility index (Phi) is 4.24. The van der Waals surface area contributed by atoms with Crippen LogP contribution >= 0.6 is 0 Å². The minimum atomic E-state index is -0.115. The Labute approximate surface area is 136 Å². The fourth-order valence-electron chi connectivity index (χ4n) is 2.74. The zero-order valence-electron chi connectivity index (χ0n) is 13.3. The Balaban J connectivity index is 1.83. The van der Waals surface area contributed by atoms with Crippen molar-refractivity contribution in [2.24, 2.45) is 0 Å². The van der Waals surface area contributed by atoms with Gasteiger partial charge in [-0.05, 0) is 47.4 Å². The van der Waals surface area contributed by atoms with E-state index in [-0.39, 0.29) is 5.91 Å². The highest BCUT2D eigenvalue weighted by Gasteiger charge is 2.04. The van der Waals surface area contributed by atoms with Gasteiger partial charge < -0.3 is 5.32 Å². The van der Waals surface area contributed by atoms with E-state index in [1.807, 2.05) is 62.4 Å². The number of rotatable bonds is 3. The van der Waals surface area contributed by atoms with Crippen LogP contribution in [0.2, 0.25) is 0 Å². The van der Waals surface area contributed by atoms with Crippen LogP contribution < -0.4 is 5.32 Å². The van der Waals surface area contributed by atoms with Crippen LogP contribution in [0.1, 0.15) is 16.7 Å². The molecule has 3 rings (SSSR count). The number of benzene rings is 3. The maximum atomic E-state index is 12.2. The predicted octanol–water partition coefficient (Wildman–Crippen LogP) is 5.11. The van der Waals surface area contributed by atoms with Crippen LogP contribution in [0.15, 0.2) is 66.7 Å². The van der Waals surface area contributed by atoms with E-state index in [9.17, 15) is 4.79 Å². The van der Waals surface area contributed by atoms with Gasteiger partial charge in [0.25, 0.3) is 0 Å². The topological polar surface area (TPSA) is 29.1 Å². The summed E-state index contributed by atoms with van der Waals surface area (Å²) in [5.74, 6) is -0.115. The third-order valence-electron chi connectivity index (χ3n) is 3.97. The van der Waals surface area contributed by atoms with Gasteiger partial charge in [-0.1, -0.05) is 60.7 Å². The van der Waals surface area contributed by atoms with Crippen LogP contribution in [0.3, 0.4) is 0 Å². The molecular formula is C21H19NO. The average molecular weight is 301 g/mol. The number of hydrogen-bond donors (Lipinski definition) is 1. The summed E-state index contributed by atoms with van der Waals surface area (Å²) in [6.07, 6.45) is 3.46. The molecule has 1 amide bonds. The molecule has 1 N–H and O–H groups in total. The molecule has 0 saturated heterocycles. The summed E-state index contributed by atoms with van der Waals surface area (Å²) in [7, 11) is 0. The predicted molar refractivity (Wildman–Crippen MR) is 97.5 cm³/mol. The summed E-state index contributed by atoms with van der Waals surface area (Å²) in [5, 5.41) is 5.29. The maximum absolute atomic E-state index is 12.2. The summed E-state index contributed by atoms with van der Waals surface area (Å²) in [6.45, 7) is 3.99. The van der Waals surface area contributed by atoms with Crippen LogP contribution in [0.4, 0.5) is 5.69 Å². The molecular weight excluding hydrogens is 282 g/mol. The van der Waals surface area contributed by atoms with Gasteiger partial charge in [0, 0.05) is 11.8 Å². The van der Waals surface area contributed by atoms with E-state index < -0.39 is 0 Å². The number of anilines is 1. The number of carbonyl (C=O) groups excluding carboxylic acids is 1. The summed E-state index contributed by atoms with van der Waals surface area (Å²) in [6, 6.07) is 20.3. The first-order valence-corrected chi connectivity index (χ1v) is 7.68. The summed E-state index contributed by atoms with van der Waals surface area (Å²) in [5.41, 5.74) is 4.06. The second kappa shape index (κ2) is 6.49. The standard InChI is InChI=1S/C21H19NO/c1-15-7-5-8-16(2)21(15)22-20(23)14-13-18-11-6-10-17-9-3-4-12-19(17)18/h3-14H,1-2H3,(H,22,23). The van der Waals surface area contributed by atoms with Crippen molar-refractivity contribution in [1.82, 2.24) is 0 Å². The summed E-state index contributed by atoms with van der Waals surface area (Å²) < 4.78 is 0. The molecule has 0 fully saturated rings. The fraction of sp³-hybridized carbons (Fsp3) is 0.0952. The SMILES string of the molecule is Cc1cccc(C)c1NC(=O)C=Cc1cccc2ccccc12. The number of hydrogen-bond acceptors (Lipinski definition) is 1. The number of aryl methyl sites for hydroxylation is 2. The van der Waals surface area contributed by atoms with Gasteiger partial charge in [0.1, 0.15) is 0 Å². The monoisotopic (exact) mass is 301 g/mol. The highest BCUT2D eigenvalue weighted by atomic mass is 16.1.